The Hall–Kier alpha value is -0.410. The van der Waals surface area contributed by atoms with Crippen molar-refractivity contribution >= 4 is 26.3 Å². The van der Waals surface area contributed by atoms with E-state index in [9.17, 15) is 13.2 Å². The van der Waals surface area contributed by atoms with Crippen molar-refractivity contribution in [3.63, 3.8) is 0 Å². The summed E-state index contributed by atoms with van der Waals surface area (Å²) in [6.45, 7) is 0. The molecule has 0 heterocycles. The standard InChI is InChI=1S/C7H6F3OPS/c1-13-7-3(9)2(8)5(11)6(12)4(7)10/h11H,12H2,1H3. The van der Waals surface area contributed by atoms with Gasteiger partial charge in [0.1, 0.15) is 0 Å². The third kappa shape index (κ3) is 1.63. The molecule has 0 aromatic heterocycles. The lowest BCUT2D eigenvalue weighted by Crippen LogP contribution is -2.07. The normalized spacial score (nSPS) is 10.5. The molecular weight excluding hydrogens is 220 g/mol. The summed E-state index contributed by atoms with van der Waals surface area (Å²) in [5.74, 6) is -4.73. The number of rotatable bonds is 1. The van der Waals surface area contributed by atoms with Crippen molar-refractivity contribution < 1.29 is 18.3 Å². The average Bonchev–Trinajstić information content (AvgIpc) is 2.13. The lowest BCUT2D eigenvalue weighted by Gasteiger charge is -2.07. The number of hydrogen-bond acceptors (Lipinski definition) is 2. The van der Waals surface area contributed by atoms with E-state index in [1.54, 1.807) is 0 Å². The number of hydrogen-bond donors (Lipinski definition) is 1. The van der Waals surface area contributed by atoms with Gasteiger partial charge in [-0.05, 0) is 6.26 Å². The molecule has 1 aromatic carbocycles. The van der Waals surface area contributed by atoms with Crippen LogP contribution in [-0.2, 0) is 0 Å². The second-order valence-electron chi connectivity index (χ2n) is 2.24. The first-order chi connectivity index (χ1) is 6.00. The summed E-state index contributed by atoms with van der Waals surface area (Å²) in [5, 5.41) is 8.54. The molecule has 0 aliphatic carbocycles. The second kappa shape index (κ2) is 3.76. The topological polar surface area (TPSA) is 20.2 Å². The number of benzene rings is 1. The van der Waals surface area contributed by atoms with Crippen LogP contribution in [0.3, 0.4) is 0 Å². The van der Waals surface area contributed by atoms with Crippen molar-refractivity contribution in [2.24, 2.45) is 0 Å². The quantitative estimate of drug-likeness (QED) is 0.449. The smallest absolute Gasteiger partial charge is 0.202 e. The van der Waals surface area contributed by atoms with E-state index >= 15 is 0 Å². The zero-order chi connectivity index (χ0) is 10.2. The van der Waals surface area contributed by atoms with Gasteiger partial charge in [-0.3, -0.25) is 0 Å². The Kier molecular flexibility index (Phi) is 3.09. The van der Waals surface area contributed by atoms with E-state index in [0.29, 0.717) is 0 Å². The van der Waals surface area contributed by atoms with Gasteiger partial charge in [-0.25, -0.2) is 8.78 Å². The summed E-state index contributed by atoms with van der Waals surface area (Å²) >= 11 is 0.745. The molecule has 1 unspecified atom stereocenters. The fourth-order valence-corrected chi connectivity index (χ4v) is 1.76. The minimum absolute atomic E-state index is 0.358. The number of phenols is 1. The maximum atomic E-state index is 13.1. The summed E-state index contributed by atoms with van der Waals surface area (Å²) in [7, 11) is 1.82. The van der Waals surface area contributed by atoms with Gasteiger partial charge in [0.2, 0.25) is 5.82 Å². The fraction of sp³-hybridized carbons (Fsp3) is 0.143. The van der Waals surface area contributed by atoms with Crippen LogP contribution in [0.1, 0.15) is 0 Å². The fourth-order valence-electron chi connectivity index (χ4n) is 0.824. The Balaban J connectivity index is 3.56. The van der Waals surface area contributed by atoms with Crippen LogP contribution in [0.25, 0.3) is 0 Å². The highest BCUT2D eigenvalue weighted by atomic mass is 32.2. The van der Waals surface area contributed by atoms with Crippen molar-refractivity contribution in [3.8, 4) is 5.75 Å². The Morgan fingerprint density at radius 2 is 1.69 bits per heavy atom. The molecule has 1 aromatic rings. The van der Waals surface area contributed by atoms with Crippen molar-refractivity contribution in [1.82, 2.24) is 0 Å². The zero-order valence-corrected chi connectivity index (χ0v) is 8.54. The lowest BCUT2D eigenvalue weighted by atomic mass is 10.3. The Morgan fingerprint density at radius 3 is 2.15 bits per heavy atom. The van der Waals surface area contributed by atoms with Crippen molar-refractivity contribution in [2.75, 3.05) is 6.26 Å². The largest absolute Gasteiger partial charge is 0.504 e. The summed E-state index contributed by atoms with van der Waals surface area (Å²) in [6.07, 6.45) is 1.42. The van der Waals surface area contributed by atoms with Gasteiger partial charge in [0, 0.05) is 0 Å². The lowest BCUT2D eigenvalue weighted by molar-refractivity contribution is 0.394. The van der Waals surface area contributed by atoms with Crippen molar-refractivity contribution in [1.29, 1.82) is 0 Å². The molecule has 1 nitrogen and oxygen atoms in total. The molecule has 72 valence electrons. The van der Waals surface area contributed by atoms with Crippen LogP contribution < -0.4 is 5.30 Å². The molecule has 0 saturated heterocycles. The number of thioether (sulfide) groups is 1. The molecule has 13 heavy (non-hydrogen) atoms. The summed E-state index contributed by atoms with van der Waals surface area (Å²) in [6, 6.07) is 0. The molecule has 0 saturated carbocycles. The van der Waals surface area contributed by atoms with Crippen LogP contribution in [0, 0.1) is 17.5 Å². The highest BCUT2D eigenvalue weighted by Gasteiger charge is 2.21. The van der Waals surface area contributed by atoms with E-state index in [0.717, 1.165) is 11.8 Å². The molecule has 0 spiro atoms. The van der Waals surface area contributed by atoms with Crippen LogP contribution in [0.4, 0.5) is 13.2 Å². The Bertz CT molecular complexity index is 327. The molecule has 0 fully saturated rings. The Labute approximate surface area is 79.5 Å². The SMILES string of the molecule is CSc1c(F)c(F)c(O)c(P)c1F. The molecule has 1 rings (SSSR count). The van der Waals surface area contributed by atoms with Crippen LogP contribution in [0.5, 0.6) is 5.75 Å². The first-order valence-corrected chi connectivity index (χ1v) is 4.99. The summed E-state index contributed by atoms with van der Waals surface area (Å²) in [5.41, 5.74) is 0. The maximum absolute atomic E-state index is 13.1. The van der Waals surface area contributed by atoms with E-state index in [1.165, 1.54) is 6.26 Å². The van der Waals surface area contributed by atoms with Gasteiger partial charge in [-0.2, -0.15) is 4.39 Å². The third-order valence-corrected chi connectivity index (χ3v) is 2.79. The third-order valence-electron chi connectivity index (χ3n) is 1.50. The Morgan fingerprint density at radius 1 is 1.15 bits per heavy atom. The van der Waals surface area contributed by atoms with E-state index in [2.05, 4.69) is 0 Å². The molecule has 0 radical (unpaired) electrons. The molecule has 0 aliphatic heterocycles. The summed E-state index contributed by atoms with van der Waals surface area (Å²) < 4.78 is 38.8. The predicted octanol–water partition coefficient (Wildman–Crippen LogP) is 2.03. The minimum Gasteiger partial charge on any atom is -0.504 e. The molecule has 0 bridgehead atoms. The number of phenolic OH excluding ortho intramolecular Hbond substituents is 1. The predicted molar refractivity (Wildman–Crippen MR) is 49.1 cm³/mol. The molecular formula is C7H6F3OPS. The average molecular weight is 226 g/mol. The van der Waals surface area contributed by atoms with Gasteiger partial charge in [0.25, 0.3) is 0 Å². The maximum Gasteiger partial charge on any atom is 0.202 e. The van der Waals surface area contributed by atoms with Crippen molar-refractivity contribution in [2.45, 2.75) is 4.90 Å². The first-order valence-electron chi connectivity index (χ1n) is 3.19. The molecule has 1 atom stereocenters. The van der Waals surface area contributed by atoms with Gasteiger partial charge < -0.3 is 5.11 Å². The van der Waals surface area contributed by atoms with Crippen LogP contribution in [-0.4, -0.2) is 11.4 Å². The van der Waals surface area contributed by atoms with E-state index in [1.807, 2.05) is 9.24 Å². The number of aromatic hydroxyl groups is 1. The highest BCUT2D eigenvalue weighted by molar-refractivity contribution is 7.98. The van der Waals surface area contributed by atoms with Crippen molar-refractivity contribution in [3.05, 3.63) is 17.5 Å². The van der Waals surface area contributed by atoms with Crippen LogP contribution in [0.15, 0.2) is 4.90 Å². The monoisotopic (exact) mass is 226 g/mol. The molecule has 0 aliphatic rings. The summed E-state index contributed by atoms with van der Waals surface area (Å²) in [4.78, 5) is -0.430. The molecule has 1 N–H and O–H groups in total. The van der Waals surface area contributed by atoms with Crippen LogP contribution >= 0.6 is 21.0 Å². The highest BCUT2D eigenvalue weighted by Crippen LogP contribution is 2.29. The van der Waals surface area contributed by atoms with Gasteiger partial charge in [-0.1, -0.05) is 9.24 Å². The van der Waals surface area contributed by atoms with Crippen LogP contribution in [0.2, 0.25) is 0 Å². The minimum atomic E-state index is -1.42. The van der Waals surface area contributed by atoms with E-state index in [4.69, 9.17) is 5.11 Å². The first kappa shape index (κ1) is 10.7. The van der Waals surface area contributed by atoms with E-state index < -0.39 is 28.1 Å². The van der Waals surface area contributed by atoms with E-state index in [-0.39, 0.29) is 5.30 Å². The van der Waals surface area contributed by atoms with Gasteiger partial charge in [0.05, 0.1) is 10.2 Å². The van der Waals surface area contributed by atoms with Gasteiger partial charge >= 0.3 is 0 Å². The molecule has 6 heteroatoms. The second-order valence-corrected chi connectivity index (χ2v) is 3.63. The van der Waals surface area contributed by atoms with Gasteiger partial charge in [0.15, 0.2) is 17.4 Å². The molecule has 0 amide bonds. The zero-order valence-electron chi connectivity index (χ0n) is 6.57. The van der Waals surface area contributed by atoms with Gasteiger partial charge in [-0.15, -0.1) is 11.8 Å². The number of halogens is 3.